The fourth-order valence-electron chi connectivity index (χ4n) is 2.32. The van der Waals surface area contributed by atoms with Gasteiger partial charge in [0, 0.05) is 6.54 Å². The number of nitrogens with one attached hydrogen (secondary N) is 1. The van der Waals surface area contributed by atoms with Crippen molar-refractivity contribution >= 4 is 29.0 Å². The molecular formula is C14H16N2O2S. The lowest BCUT2D eigenvalue weighted by atomic mass is 9.98. The minimum Gasteiger partial charge on any atom is -0.478 e. The summed E-state index contributed by atoms with van der Waals surface area (Å²) in [6, 6.07) is 9.16. The highest BCUT2D eigenvalue weighted by Gasteiger charge is 2.32. The third kappa shape index (κ3) is 2.46. The van der Waals surface area contributed by atoms with Crippen molar-refractivity contribution in [2.75, 3.05) is 6.54 Å². The maximum Gasteiger partial charge on any atom is 0.335 e. The van der Waals surface area contributed by atoms with Crippen LogP contribution in [0.25, 0.3) is 5.70 Å². The van der Waals surface area contributed by atoms with Gasteiger partial charge in [-0.2, -0.15) is 0 Å². The van der Waals surface area contributed by atoms with E-state index in [1.165, 1.54) is 0 Å². The average Bonchev–Trinajstić information content (AvgIpc) is 2.39. The van der Waals surface area contributed by atoms with Crippen LogP contribution < -0.4 is 5.32 Å². The number of carbonyl (C=O) groups is 1. The van der Waals surface area contributed by atoms with Gasteiger partial charge >= 0.3 is 5.97 Å². The Morgan fingerprint density at radius 2 is 2.05 bits per heavy atom. The molecule has 19 heavy (non-hydrogen) atoms. The summed E-state index contributed by atoms with van der Waals surface area (Å²) in [5, 5.41) is 13.1. The average molecular weight is 276 g/mol. The number of carboxylic acids is 1. The van der Waals surface area contributed by atoms with Gasteiger partial charge in [-0.1, -0.05) is 30.3 Å². The molecule has 1 aliphatic rings. The predicted octanol–water partition coefficient (Wildman–Crippen LogP) is 2.08. The third-order valence-corrected chi connectivity index (χ3v) is 3.62. The summed E-state index contributed by atoms with van der Waals surface area (Å²) in [7, 11) is 0. The van der Waals surface area contributed by atoms with E-state index in [1.807, 2.05) is 49.1 Å². The summed E-state index contributed by atoms with van der Waals surface area (Å²) in [5.74, 6) is -0.917. The van der Waals surface area contributed by atoms with Gasteiger partial charge in [0.2, 0.25) is 0 Å². The Labute approximate surface area is 117 Å². The quantitative estimate of drug-likeness (QED) is 0.828. The molecule has 4 nitrogen and oxygen atoms in total. The Morgan fingerprint density at radius 3 is 2.58 bits per heavy atom. The van der Waals surface area contributed by atoms with E-state index in [4.69, 9.17) is 12.2 Å². The van der Waals surface area contributed by atoms with Crippen molar-refractivity contribution in [3.8, 4) is 0 Å². The molecule has 1 heterocycles. The fourth-order valence-corrected chi connectivity index (χ4v) is 2.71. The summed E-state index contributed by atoms with van der Waals surface area (Å²) in [6.45, 7) is 4.49. The van der Waals surface area contributed by atoms with E-state index in [0.29, 0.717) is 22.9 Å². The smallest absolute Gasteiger partial charge is 0.335 e. The number of aliphatic carboxylic acids is 1. The van der Waals surface area contributed by atoms with Gasteiger partial charge in [-0.15, -0.1) is 0 Å². The molecule has 0 amide bonds. The molecule has 100 valence electrons. The summed E-state index contributed by atoms with van der Waals surface area (Å²) in [5.41, 5.74) is 1.78. The van der Waals surface area contributed by atoms with Gasteiger partial charge in [0.25, 0.3) is 0 Å². The first kappa shape index (κ1) is 13.5. The summed E-state index contributed by atoms with van der Waals surface area (Å²) in [6.07, 6.45) is 0. The van der Waals surface area contributed by atoms with E-state index in [0.717, 1.165) is 5.56 Å². The zero-order valence-electron chi connectivity index (χ0n) is 10.9. The van der Waals surface area contributed by atoms with E-state index in [1.54, 1.807) is 0 Å². The largest absolute Gasteiger partial charge is 0.478 e. The first-order valence-electron chi connectivity index (χ1n) is 6.16. The van der Waals surface area contributed by atoms with Crippen molar-refractivity contribution in [1.82, 2.24) is 10.2 Å². The van der Waals surface area contributed by atoms with Crippen LogP contribution in [0.4, 0.5) is 0 Å². The van der Waals surface area contributed by atoms with Crippen LogP contribution in [0.1, 0.15) is 19.4 Å². The molecule has 5 heteroatoms. The van der Waals surface area contributed by atoms with Crippen molar-refractivity contribution in [3.63, 3.8) is 0 Å². The summed E-state index contributed by atoms with van der Waals surface area (Å²) < 4.78 is 0. The standard InChI is InChI=1S/C14H16N2O2S/c1-3-16-9(2)11(13(17)18)12(15-14(16)19)10-7-5-4-6-8-10/h4-9H,3H2,1-2H3,(H,15,19)(H,17,18). The Balaban J connectivity index is 2.56. The van der Waals surface area contributed by atoms with Crippen LogP contribution in [-0.4, -0.2) is 33.7 Å². The van der Waals surface area contributed by atoms with Crippen LogP contribution in [0.5, 0.6) is 0 Å². The second-order valence-corrected chi connectivity index (χ2v) is 4.74. The fraction of sp³-hybridized carbons (Fsp3) is 0.286. The molecule has 1 aliphatic heterocycles. The minimum atomic E-state index is -0.917. The van der Waals surface area contributed by atoms with Gasteiger partial charge in [-0.05, 0) is 31.6 Å². The van der Waals surface area contributed by atoms with Crippen molar-refractivity contribution in [1.29, 1.82) is 0 Å². The Morgan fingerprint density at radius 1 is 1.42 bits per heavy atom. The highest BCUT2D eigenvalue weighted by Crippen LogP contribution is 2.26. The number of nitrogens with zero attached hydrogens (tertiary/aromatic N) is 1. The van der Waals surface area contributed by atoms with Crippen LogP contribution in [0, 0.1) is 0 Å². The molecule has 2 rings (SSSR count). The van der Waals surface area contributed by atoms with Crippen LogP contribution in [-0.2, 0) is 4.79 Å². The zero-order valence-corrected chi connectivity index (χ0v) is 11.7. The maximum atomic E-state index is 11.5. The van der Waals surface area contributed by atoms with Crippen LogP contribution in [0.2, 0.25) is 0 Å². The van der Waals surface area contributed by atoms with E-state index in [2.05, 4.69) is 5.32 Å². The van der Waals surface area contributed by atoms with Gasteiger partial charge in [0.05, 0.1) is 17.3 Å². The van der Waals surface area contributed by atoms with E-state index in [9.17, 15) is 9.90 Å². The molecule has 0 saturated heterocycles. The van der Waals surface area contributed by atoms with Gasteiger partial charge in [0.1, 0.15) is 0 Å². The van der Waals surface area contributed by atoms with Gasteiger partial charge in [-0.3, -0.25) is 0 Å². The van der Waals surface area contributed by atoms with E-state index >= 15 is 0 Å². The molecule has 0 radical (unpaired) electrons. The highest BCUT2D eigenvalue weighted by molar-refractivity contribution is 7.80. The molecule has 0 aliphatic carbocycles. The number of hydrogen-bond donors (Lipinski definition) is 2. The molecule has 0 aromatic heterocycles. The first-order chi connectivity index (χ1) is 9.06. The molecule has 1 aromatic carbocycles. The third-order valence-electron chi connectivity index (χ3n) is 3.28. The van der Waals surface area contributed by atoms with Crippen LogP contribution in [0.15, 0.2) is 35.9 Å². The first-order valence-corrected chi connectivity index (χ1v) is 6.57. The molecule has 0 spiro atoms. The van der Waals surface area contributed by atoms with Crippen LogP contribution >= 0.6 is 12.2 Å². The van der Waals surface area contributed by atoms with Crippen LogP contribution in [0.3, 0.4) is 0 Å². The normalized spacial score (nSPS) is 19.4. The van der Waals surface area contributed by atoms with Gasteiger partial charge in [-0.25, -0.2) is 4.79 Å². The summed E-state index contributed by atoms with van der Waals surface area (Å²) in [4.78, 5) is 13.4. The Kier molecular flexibility index (Phi) is 3.85. The highest BCUT2D eigenvalue weighted by atomic mass is 32.1. The van der Waals surface area contributed by atoms with E-state index < -0.39 is 5.97 Å². The monoisotopic (exact) mass is 276 g/mol. The number of hydrogen-bond acceptors (Lipinski definition) is 2. The van der Waals surface area contributed by atoms with Gasteiger partial charge in [0.15, 0.2) is 5.11 Å². The second-order valence-electron chi connectivity index (χ2n) is 4.35. The molecule has 0 bridgehead atoms. The van der Waals surface area contributed by atoms with E-state index in [-0.39, 0.29) is 6.04 Å². The number of likely N-dealkylation sites (N-methyl/N-ethyl adjacent to an activating group) is 1. The number of carboxylic acid groups (broad SMARTS) is 1. The van der Waals surface area contributed by atoms with Crippen molar-refractivity contribution in [2.24, 2.45) is 0 Å². The summed E-state index contributed by atoms with van der Waals surface area (Å²) >= 11 is 5.31. The van der Waals surface area contributed by atoms with Crippen molar-refractivity contribution in [2.45, 2.75) is 19.9 Å². The number of thiocarbonyl (C=S) groups is 1. The lowest BCUT2D eigenvalue weighted by molar-refractivity contribution is -0.133. The lowest BCUT2D eigenvalue weighted by Crippen LogP contribution is -2.51. The predicted molar refractivity (Wildman–Crippen MR) is 78.6 cm³/mol. The molecule has 1 aromatic rings. The molecule has 0 fully saturated rings. The van der Waals surface area contributed by atoms with Crippen molar-refractivity contribution in [3.05, 3.63) is 41.5 Å². The van der Waals surface area contributed by atoms with Gasteiger partial charge < -0.3 is 15.3 Å². The molecule has 2 N–H and O–H groups in total. The number of benzene rings is 1. The maximum absolute atomic E-state index is 11.5. The minimum absolute atomic E-state index is 0.244. The Bertz CT molecular complexity index is 540. The topological polar surface area (TPSA) is 52.6 Å². The molecule has 1 unspecified atom stereocenters. The SMILES string of the molecule is CCN1C(=S)NC(c2ccccc2)=C(C(=O)O)C1C. The van der Waals surface area contributed by atoms with Crippen molar-refractivity contribution < 1.29 is 9.90 Å². The molecular weight excluding hydrogens is 260 g/mol. The zero-order chi connectivity index (χ0) is 14.0. The Hall–Kier alpha value is -1.88. The number of rotatable bonds is 3. The molecule has 0 saturated carbocycles. The second kappa shape index (κ2) is 5.40. The lowest BCUT2D eigenvalue weighted by Gasteiger charge is -2.37. The molecule has 1 atom stereocenters.